The first kappa shape index (κ1) is 14.2. The summed E-state index contributed by atoms with van der Waals surface area (Å²) in [4.78, 5) is 21.8. The second kappa shape index (κ2) is 5.66. The fourth-order valence-electron chi connectivity index (χ4n) is 1.32. The highest BCUT2D eigenvalue weighted by atomic mass is 19.4. The normalized spacial score (nSPS) is 12.9. The third kappa shape index (κ3) is 3.87. The minimum absolute atomic E-state index is 0.126. The first-order valence-electron chi connectivity index (χ1n) is 5.26. The van der Waals surface area contributed by atoms with Gasteiger partial charge in [-0.1, -0.05) is 0 Å². The average molecular weight is 259 g/mol. The Kier molecular flexibility index (Phi) is 4.47. The molecule has 1 unspecified atom stereocenters. The van der Waals surface area contributed by atoms with Crippen molar-refractivity contribution in [3.05, 3.63) is 35.4 Å². The van der Waals surface area contributed by atoms with Crippen molar-refractivity contribution in [1.29, 1.82) is 0 Å². The number of hydrogen-bond donors (Lipinski definition) is 1. The molecule has 0 saturated heterocycles. The number of carbonyl (C=O) groups is 2. The zero-order chi connectivity index (χ0) is 13.8. The van der Waals surface area contributed by atoms with Crippen molar-refractivity contribution >= 4 is 12.2 Å². The van der Waals surface area contributed by atoms with Crippen LogP contribution in [0.5, 0.6) is 0 Å². The van der Waals surface area contributed by atoms with E-state index in [0.717, 1.165) is 24.3 Å². The highest BCUT2D eigenvalue weighted by molar-refractivity contribution is 5.94. The van der Waals surface area contributed by atoms with Crippen molar-refractivity contribution < 1.29 is 22.8 Å². The quantitative estimate of drug-likeness (QED) is 0.844. The number of amides is 1. The summed E-state index contributed by atoms with van der Waals surface area (Å²) in [5.41, 5.74) is -0.680. The van der Waals surface area contributed by atoms with Crippen LogP contribution in [0.2, 0.25) is 0 Å². The van der Waals surface area contributed by atoms with Crippen LogP contribution in [-0.4, -0.2) is 18.2 Å². The number of aldehydes is 1. The van der Waals surface area contributed by atoms with Gasteiger partial charge in [-0.15, -0.1) is 0 Å². The third-order valence-corrected chi connectivity index (χ3v) is 2.30. The molecule has 0 aliphatic carbocycles. The number of halogens is 3. The van der Waals surface area contributed by atoms with E-state index in [2.05, 4.69) is 5.32 Å². The molecule has 0 aliphatic heterocycles. The van der Waals surface area contributed by atoms with Crippen LogP contribution in [0.3, 0.4) is 0 Å². The monoisotopic (exact) mass is 259 g/mol. The van der Waals surface area contributed by atoms with Gasteiger partial charge in [-0.3, -0.25) is 4.79 Å². The van der Waals surface area contributed by atoms with E-state index in [1.54, 1.807) is 6.92 Å². The lowest BCUT2D eigenvalue weighted by Gasteiger charge is -2.11. The second-order valence-electron chi connectivity index (χ2n) is 3.85. The molecule has 18 heavy (non-hydrogen) atoms. The summed E-state index contributed by atoms with van der Waals surface area (Å²) in [6, 6.07) is 3.55. The van der Waals surface area contributed by atoms with E-state index >= 15 is 0 Å². The smallest absolute Gasteiger partial charge is 0.349 e. The topological polar surface area (TPSA) is 46.2 Å². The van der Waals surface area contributed by atoms with E-state index in [1.165, 1.54) is 0 Å². The van der Waals surface area contributed by atoms with Gasteiger partial charge in [0.25, 0.3) is 5.91 Å². The molecule has 0 aromatic heterocycles. The van der Waals surface area contributed by atoms with Gasteiger partial charge in [0.1, 0.15) is 6.29 Å². The average Bonchev–Trinajstić information content (AvgIpc) is 2.28. The van der Waals surface area contributed by atoms with Gasteiger partial charge in [0.15, 0.2) is 0 Å². The first-order valence-corrected chi connectivity index (χ1v) is 5.26. The van der Waals surface area contributed by atoms with Crippen LogP contribution in [-0.2, 0) is 11.0 Å². The molecule has 1 rings (SSSR count). The van der Waals surface area contributed by atoms with Gasteiger partial charge in [0, 0.05) is 18.0 Å². The SMILES string of the molecule is CC(CC=O)NC(=O)c1ccc(C(F)(F)F)cc1. The minimum Gasteiger partial charge on any atom is -0.349 e. The Labute approximate surface area is 102 Å². The molecule has 0 aliphatic rings. The molecule has 0 heterocycles. The van der Waals surface area contributed by atoms with Crippen molar-refractivity contribution in [1.82, 2.24) is 5.32 Å². The van der Waals surface area contributed by atoms with E-state index in [1.807, 2.05) is 0 Å². The minimum atomic E-state index is -4.42. The van der Waals surface area contributed by atoms with Gasteiger partial charge in [0.2, 0.25) is 0 Å². The summed E-state index contributed by atoms with van der Waals surface area (Å²) < 4.78 is 36.9. The lowest BCUT2D eigenvalue weighted by atomic mass is 10.1. The van der Waals surface area contributed by atoms with E-state index in [4.69, 9.17) is 0 Å². The maximum absolute atomic E-state index is 12.3. The molecule has 3 nitrogen and oxygen atoms in total. The van der Waals surface area contributed by atoms with Gasteiger partial charge >= 0.3 is 6.18 Å². The van der Waals surface area contributed by atoms with E-state index in [0.29, 0.717) is 6.29 Å². The van der Waals surface area contributed by atoms with E-state index < -0.39 is 17.6 Å². The maximum Gasteiger partial charge on any atom is 0.416 e. The summed E-state index contributed by atoms with van der Waals surface area (Å²) in [5.74, 6) is -0.502. The molecular formula is C12H12F3NO2. The largest absolute Gasteiger partial charge is 0.416 e. The van der Waals surface area contributed by atoms with Crippen LogP contribution in [0.1, 0.15) is 29.3 Å². The summed E-state index contributed by atoms with van der Waals surface area (Å²) in [7, 11) is 0. The van der Waals surface area contributed by atoms with Crippen LogP contribution < -0.4 is 5.32 Å². The Balaban J connectivity index is 2.73. The Morgan fingerprint density at radius 2 is 1.89 bits per heavy atom. The molecule has 6 heteroatoms. The fourth-order valence-corrected chi connectivity index (χ4v) is 1.32. The highest BCUT2D eigenvalue weighted by Gasteiger charge is 2.30. The van der Waals surface area contributed by atoms with Crippen molar-refractivity contribution in [2.24, 2.45) is 0 Å². The van der Waals surface area contributed by atoms with Gasteiger partial charge < -0.3 is 10.1 Å². The zero-order valence-corrected chi connectivity index (χ0v) is 9.62. The van der Waals surface area contributed by atoms with Crippen LogP contribution in [0.4, 0.5) is 13.2 Å². The third-order valence-electron chi connectivity index (χ3n) is 2.30. The lowest BCUT2D eigenvalue weighted by molar-refractivity contribution is -0.137. The Morgan fingerprint density at radius 3 is 2.33 bits per heavy atom. The Hall–Kier alpha value is -1.85. The summed E-state index contributed by atoms with van der Waals surface area (Å²) in [5, 5.41) is 2.50. The Bertz CT molecular complexity index is 426. The standard InChI is InChI=1S/C12H12F3NO2/c1-8(6-7-17)16-11(18)9-2-4-10(5-3-9)12(13,14)15/h2-5,7-8H,6H2,1H3,(H,16,18). The highest BCUT2D eigenvalue weighted by Crippen LogP contribution is 2.29. The lowest BCUT2D eigenvalue weighted by Crippen LogP contribution is -2.32. The predicted molar refractivity (Wildman–Crippen MR) is 59.1 cm³/mol. The molecular weight excluding hydrogens is 247 g/mol. The van der Waals surface area contributed by atoms with Crippen LogP contribution in [0, 0.1) is 0 Å². The van der Waals surface area contributed by atoms with Crippen molar-refractivity contribution in [2.45, 2.75) is 25.6 Å². The molecule has 1 atom stereocenters. The molecule has 1 aromatic rings. The molecule has 98 valence electrons. The Morgan fingerprint density at radius 1 is 1.33 bits per heavy atom. The molecule has 0 radical (unpaired) electrons. The molecule has 1 aromatic carbocycles. The number of hydrogen-bond acceptors (Lipinski definition) is 2. The first-order chi connectivity index (χ1) is 8.34. The van der Waals surface area contributed by atoms with E-state index in [9.17, 15) is 22.8 Å². The van der Waals surface area contributed by atoms with Gasteiger partial charge in [0.05, 0.1) is 5.56 Å². The van der Waals surface area contributed by atoms with Gasteiger partial charge in [-0.05, 0) is 31.2 Å². The van der Waals surface area contributed by atoms with Crippen LogP contribution >= 0.6 is 0 Å². The second-order valence-corrected chi connectivity index (χ2v) is 3.85. The van der Waals surface area contributed by atoms with E-state index in [-0.39, 0.29) is 18.0 Å². The predicted octanol–water partition coefficient (Wildman–Crippen LogP) is 2.41. The number of carbonyl (C=O) groups excluding carboxylic acids is 2. The summed E-state index contributed by atoms with van der Waals surface area (Å²) in [6.45, 7) is 1.64. The number of benzene rings is 1. The molecule has 1 N–H and O–H groups in total. The summed E-state index contributed by atoms with van der Waals surface area (Å²) in [6.07, 6.45) is -3.59. The zero-order valence-electron chi connectivity index (χ0n) is 9.62. The number of rotatable bonds is 4. The number of alkyl halides is 3. The van der Waals surface area contributed by atoms with Gasteiger partial charge in [-0.25, -0.2) is 0 Å². The number of nitrogens with one attached hydrogen (secondary N) is 1. The molecule has 0 bridgehead atoms. The molecule has 0 fully saturated rings. The fraction of sp³-hybridized carbons (Fsp3) is 0.333. The van der Waals surface area contributed by atoms with Crippen LogP contribution in [0.25, 0.3) is 0 Å². The molecule has 0 spiro atoms. The van der Waals surface area contributed by atoms with Crippen molar-refractivity contribution in [3.8, 4) is 0 Å². The summed E-state index contributed by atoms with van der Waals surface area (Å²) >= 11 is 0. The van der Waals surface area contributed by atoms with Crippen molar-refractivity contribution in [2.75, 3.05) is 0 Å². The molecule has 1 amide bonds. The maximum atomic E-state index is 12.3. The van der Waals surface area contributed by atoms with Gasteiger partial charge in [-0.2, -0.15) is 13.2 Å². The molecule has 0 saturated carbocycles. The van der Waals surface area contributed by atoms with Crippen LogP contribution in [0.15, 0.2) is 24.3 Å². The van der Waals surface area contributed by atoms with Crippen molar-refractivity contribution in [3.63, 3.8) is 0 Å².